The van der Waals surface area contributed by atoms with E-state index >= 15 is 0 Å². The van der Waals surface area contributed by atoms with Gasteiger partial charge in [0.25, 0.3) is 5.91 Å². The van der Waals surface area contributed by atoms with Crippen LogP contribution in [0.4, 0.5) is 11.4 Å². The Kier molecular flexibility index (Phi) is 6.47. The van der Waals surface area contributed by atoms with Crippen molar-refractivity contribution in [3.05, 3.63) is 71.8 Å². The first-order valence-electron chi connectivity index (χ1n) is 9.77. The summed E-state index contributed by atoms with van der Waals surface area (Å²) in [6.45, 7) is 5.68. The number of nitrogens with two attached hydrogens (primary N) is 1. The van der Waals surface area contributed by atoms with Gasteiger partial charge in [-0.1, -0.05) is 25.1 Å². The third-order valence-electron chi connectivity index (χ3n) is 4.61. The fourth-order valence-electron chi connectivity index (χ4n) is 3.14. The maximum absolute atomic E-state index is 12.7. The summed E-state index contributed by atoms with van der Waals surface area (Å²) in [5.74, 6) is 1.36. The van der Waals surface area contributed by atoms with Crippen molar-refractivity contribution >= 4 is 17.3 Å². The second-order valence-corrected chi connectivity index (χ2v) is 7.08. The molecule has 0 heterocycles. The standard InChI is InChI=1S/C24H26N2O4/c1-4-22(29-18-8-6-5-7-9-18)24(28)26-20-14-19(10-11-21(20)27)30-23-15(2)12-17(25)13-16(23)3/h5-14,22,27H,4,25H2,1-3H3,(H,26,28). The van der Waals surface area contributed by atoms with Gasteiger partial charge < -0.3 is 25.6 Å². The van der Waals surface area contributed by atoms with Crippen molar-refractivity contribution in [1.82, 2.24) is 0 Å². The van der Waals surface area contributed by atoms with E-state index < -0.39 is 6.10 Å². The number of carbonyl (C=O) groups excluding carboxylic acids is 1. The minimum atomic E-state index is -0.696. The molecule has 1 unspecified atom stereocenters. The molecule has 30 heavy (non-hydrogen) atoms. The second kappa shape index (κ2) is 9.22. The van der Waals surface area contributed by atoms with Crippen molar-refractivity contribution < 1.29 is 19.4 Å². The molecule has 3 rings (SSSR count). The lowest BCUT2D eigenvalue weighted by atomic mass is 10.1. The lowest BCUT2D eigenvalue weighted by Crippen LogP contribution is -2.32. The molecule has 0 aliphatic carbocycles. The van der Waals surface area contributed by atoms with Crippen molar-refractivity contribution in [2.45, 2.75) is 33.3 Å². The lowest BCUT2D eigenvalue weighted by molar-refractivity contribution is -0.122. The maximum Gasteiger partial charge on any atom is 0.265 e. The predicted molar refractivity (Wildman–Crippen MR) is 118 cm³/mol. The second-order valence-electron chi connectivity index (χ2n) is 7.08. The highest BCUT2D eigenvalue weighted by atomic mass is 16.5. The lowest BCUT2D eigenvalue weighted by Gasteiger charge is -2.18. The Morgan fingerprint density at radius 2 is 1.70 bits per heavy atom. The normalized spacial score (nSPS) is 11.6. The average Bonchev–Trinajstić information content (AvgIpc) is 2.71. The summed E-state index contributed by atoms with van der Waals surface area (Å²) in [5.41, 5.74) is 8.58. The zero-order valence-electron chi connectivity index (χ0n) is 17.3. The first-order chi connectivity index (χ1) is 14.4. The first-order valence-corrected chi connectivity index (χ1v) is 9.77. The number of aromatic hydroxyl groups is 1. The molecule has 0 saturated carbocycles. The van der Waals surface area contributed by atoms with E-state index in [1.54, 1.807) is 24.3 Å². The van der Waals surface area contributed by atoms with Gasteiger partial charge in [-0.05, 0) is 67.8 Å². The molecule has 0 spiro atoms. The smallest absolute Gasteiger partial charge is 0.265 e. The van der Waals surface area contributed by atoms with Crippen LogP contribution in [0.1, 0.15) is 24.5 Å². The van der Waals surface area contributed by atoms with Crippen LogP contribution in [-0.2, 0) is 4.79 Å². The van der Waals surface area contributed by atoms with E-state index in [1.807, 2.05) is 51.1 Å². The summed E-state index contributed by atoms with van der Waals surface area (Å²) in [5, 5.41) is 12.9. The Morgan fingerprint density at radius 1 is 1.03 bits per heavy atom. The van der Waals surface area contributed by atoms with E-state index in [-0.39, 0.29) is 17.3 Å². The van der Waals surface area contributed by atoms with Gasteiger partial charge in [0.15, 0.2) is 6.10 Å². The van der Waals surface area contributed by atoms with Gasteiger partial charge in [0.05, 0.1) is 5.69 Å². The maximum atomic E-state index is 12.7. The van der Waals surface area contributed by atoms with Gasteiger partial charge >= 0.3 is 0 Å². The van der Waals surface area contributed by atoms with Crippen LogP contribution in [0, 0.1) is 13.8 Å². The van der Waals surface area contributed by atoms with E-state index in [0.717, 1.165) is 11.1 Å². The number of nitrogens with one attached hydrogen (secondary N) is 1. The third kappa shape index (κ3) is 5.03. The van der Waals surface area contributed by atoms with E-state index in [0.29, 0.717) is 29.4 Å². The van der Waals surface area contributed by atoms with Crippen molar-refractivity contribution in [1.29, 1.82) is 0 Å². The summed E-state index contributed by atoms with van der Waals surface area (Å²) in [4.78, 5) is 12.7. The fraction of sp³-hybridized carbons (Fsp3) is 0.208. The highest BCUT2D eigenvalue weighted by Gasteiger charge is 2.20. The molecule has 6 nitrogen and oxygen atoms in total. The van der Waals surface area contributed by atoms with Crippen molar-refractivity contribution in [2.75, 3.05) is 11.1 Å². The topological polar surface area (TPSA) is 93.8 Å². The van der Waals surface area contributed by atoms with Gasteiger partial charge in [-0.3, -0.25) is 4.79 Å². The Labute approximate surface area is 176 Å². The van der Waals surface area contributed by atoms with Gasteiger partial charge in [-0.2, -0.15) is 0 Å². The number of phenols is 1. The van der Waals surface area contributed by atoms with Crippen molar-refractivity contribution in [2.24, 2.45) is 0 Å². The van der Waals surface area contributed by atoms with Crippen LogP contribution in [-0.4, -0.2) is 17.1 Å². The molecule has 1 atom stereocenters. The Morgan fingerprint density at radius 3 is 2.33 bits per heavy atom. The van der Waals surface area contributed by atoms with Crippen molar-refractivity contribution in [3.8, 4) is 23.0 Å². The molecule has 0 saturated heterocycles. The highest BCUT2D eigenvalue weighted by Crippen LogP contribution is 2.34. The number of benzene rings is 3. The summed E-state index contributed by atoms with van der Waals surface area (Å²) in [6.07, 6.45) is -0.223. The van der Waals surface area contributed by atoms with Crippen molar-refractivity contribution in [3.63, 3.8) is 0 Å². The van der Waals surface area contributed by atoms with Crippen LogP contribution in [0.5, 0.6) is 23.0 Å². The molecule has 3 aromatic carbocycles. The number of aryl methyl sites for hydroxylation is 2. The quantitative estimate of drug-likeness (QED) is 0.371. The van der Waals surface area contributed by atoms with Crippen LogP contribution in [0.3, 0.4) is 0 Å². The van der Waals surface area contributed by atoms with E-state index in [1.165, 1.54) is 6.07 Å². The largest absolute Gasteiger partial charge is 0.506 e. The zero-order chi connectivity index (χ0) is 21.7. The molecule has 0 aromatic heterocycles. The first kappa shape index (κ1) is 21.0. The van der Waals surface area contributed by atoms with E-state index in [9.17, 15) is 9.90 Å². The molecule has 0 aliphatic heterocycles. The number of hydrogen-bond donors (Lipinski definition) is 3. The fourth-order valence-corrected chi connectivity index (χ4v) is 3.14. The van der Waals surface area contributed by atoms with Gasteiger partial charge in [-0.25, -0.2) is 0 Å². The summed E-state index contributed by atoms with van der Waals surface area (Å²) in [6, 6.07) is 17.5. The predicted octanol–water partition coefficient (Wildman–Crippen LogP) is 5.18. The van der Waals surface area contributed by atoms with Crippen LogP contribution < -0.4 is 20.5 Å². The number of phenolic OH excluding ortho intramolecular Hbond substituents is 1. The molecule has 0 bridgehead atoms. The Hall–Kier alpha value is -3.67. The Bertz CT molecular complexity index is 1010. The summed E-state index contributed by atoms with van der Waals surface area (Å²) >= 11 is 0. The molecule has 156 valence electrons. The number of carbonyl (C=O) groups is 1. The number of ether oxygens (including phenoxy) is 2. The average molecular weight is 406 g/mol. The molecule has 0 aliphatic rings. The summed E-state index contributed by atoms with van der Waals surface area (Å²) < 4.78 is 11.8. The van der Waals surface area contributed by atoms with E-state index in [4.69, 9.17) is 15.2 Å². The minimum absolute atomic E-state index is 0.0592. The number of amides is 1. The molecule has 4 N–H and O–H groups in total. The number of para-hydroxylation sites is 1. The number of anilines is 2. The SMILES string of the molecule is CCC(Oc1ccccc1)C(=O)Nc1cc(Oc2c(C)cc(N)cc2C)ccc1O. The molecule has 0 radical (unpaired) electrons. The Balaban J connectivity index is 1.77. The zero-order valence-corrected chi connectivity index (χ0v) is 17.3. The number of hydrogen-bond acceptors (Lipinski definition) is 5. The number of rotatable bonds is 7. The van der Waals surface area contributed by atoms with Crippen LogP contribution in [0.15, 0.2) is 60.7 Å². The molecule has 1 amide bonds. The molecule has 0 fully saturated rings. The molecular weight excluding hydrogens is 380 g/mol. The van der Waals surface area contributed by atoms with Gasteiger partial charge in [-0.15, -0.1) is 0 Å². The minimum Gasteiger partial charge on any atom is -0.506 e. The van der Waals surface area contributed by atoms with E-state index in [2.05, 4.69) is 5.32 Å². The van der Waals surface area contributed by atoms with Crippen LogP contribution in [0.25, 0.3) is 0 Å². The third-order valence-corrected chi connectivity index (χ3v) is 4.61. The van der Waals surface area contributed by atoms with Gasteiger partial charge in [0, 0.05) is 11.8 Å². The van der Waals surface area contributed by atoms with Gasteiger partial charge in [0.1, 0.15) is 23.0 Å². The highest BCUT2D eigenvalue weighted by molar-refractivity contribution is 5.95. The van der Waals surface area contributed by atoms with Crippen LogP contribution in [0.2, 0.25) is 0 Å². The monoisotopic (exact) mass is 406 g/mol. The van der Waals surface area contributed by atoms with Crippen LogP contribution >= 0.6 is 0 Å². The van der Waals surface area contributed by atoms with Gasteiger partial charge in [0.2, 0.25) is 0 Å². The summed E-state index contributed by atoms with van der Waals surface area (Å²) in [7, 11) is 0. The molecule has 6 heteroatoms. The molecule has 3 aromatic rings. The molecular formula is C24H26N2O4. The number of nitrogen functional groups attached to an aromatic ring is 1.